The van der Waals surface area contributed by atoms with Gasteiger partial charge in [0.15, 0.2) is 6.29 Å². The highest BCUT2D eigenvalue weighted by molar-refractivity contribution is 7.87. The molecule has 0 radical (unpaired) electrons. The predicted octanol–water partition coefficient (Wildman–Crippen LogP) is -0.448. The summed E-state index contributed by atoms with van der Waals surface area (Å²) in [7, 11) is -3.47. The standard InChI is InChI=1S/C10H22N2O5S/c1-3-16-10(17-4-2)9-11-18(13,14)12-5-7-15-8-6-12/h10-11H,3-9H2,1-2H3. The van der Waals surface area contributed by atoms with E-state index in [1.54, 1.807) is 0 Å². The molecule has 0 aromatic carbocycles. The summed E-state index contributed by atoms with van der Waals surface area (Å²) in [6, 6.07) is 0. The molecule has 1 aliphatic heterocycles. The zero-order chi connectivity index (χ0) is 13.4. The van der Waals surface area contributed by atoms with E-state index in [0.717, 1.165) is 0 Å². The third-order valence-electron chi connectivity index (χ3n) is 2.45. The molecular formula is C10H22N2O5S. The van der Waals surface area contributed by atoms with Gasteiger partial charge in [0.2, 0.25) is 0 Å². The van der Waals surface area contributed by atoms with Gasteiger partial charge in [0.25, 0.3) is 10.2 Å². The van der Waals surface area contributed by atoms with Crippen molar-refractivity contribution in [3.63, 3.8) is 0 Å². The minimum Gasteiger partial charge on any atom is -0.379 e. The number of nitrogens with one attached hydrogen (secondary N) is 1. The molecule has 0 aromatic rings. The van der Waals surface area contributed by atoms with Crippen LogP contribution < -0.4 is 4.72 Å². The molecule has 7 nitrogen and oxygen atoms in total. The lowest BCUT2D eigenvalue weighted by molar-refractivity contribution is -0.130. The highest BCUT2D eigenvalue weighted by atomic mass is 32.2. The summed E-state index contributed by atoms with van der Waals surface area (Å²) < 4.78 is 43.4. The lowest BCUT2D eigenvalue weighted by Crippen LogP contribution is -2.48. The topological polar surface area (TPSA) is 77.1 Å². The summed E-state index contributed by atoms with van der Waals surface area (Å²) in [6.45, 7) is 6.36. The number of ether oxygens (including phenoxy) is 3. The fraction of sp³-hybridized carbons (Fsp3) is 1.00. The van der Waals surface area contributed by atoms with Crippen LogP contribution in [0, 0.1) is 0 Å². The average molecular weight is 282 g/mol. The Bertz CT molecular complexity index is 310. The molecule has 0 unspecified atom stereocenters. The van der Waals surface area contributed by atoms with Crippen LogP contribution in [0.25, 0.3) is 0 Å². The van der Waals surface area contributed by atoms with Crippen LogP contribution in [-0.2, 0) is 24.4 Å². The van der Waals surface area contributed by atoms with Crippen molar-refractivity contribution in [2.75, 3.05) is 46.1 Å². The first-order valence-electron chi connectivity index (χ1n) is 6.15. The number of rotatable bonds is 8. The van der Waals surface area contributed by atoms with Gasteiger partial charge in [0.1, 0.15) is 0 Å². The number of morpholine rings is 1. The molecule has 0 aliphatic carbocycles. The molecule has 0 spiro atoms. The second-order valence-corrected chi connectivity index (χ2v) is 5.46. The van der Waals surface area contributed by atoms with Crippen LogP contribution >= 0.6 is 0 Å². The zero-order valence-corrected chi connectivity index (χ0v) is 11.7. The fourth-order valence-corrected chi connectivity index (χ4v) is 2.75. The van der Waals surface area contributed by atoms with E-state index in [9.17, 15) is 8.42 Å². The first kappa shape index (κ1) is 15.8. The molecule has 1 N–H and O–H groups in total. The van der Waals surface area contributed by atoms with E-state index in [1.165, 1.54) is 4.31 Å². The number of hydrogen-bond acceptors (Lipinski definition) is 5. The zero-order valence-electron chi connectivity index (χ0n) is 10.9. The Kier molecular flexibility index (Phi) is 7.05. The normalized spacial score (nSPS) is 18.4. The van der Waals surface area contributed by atoms with Gasteiger partial charge in [0, 0.05) is 26.3 Å². The van der Waals surface area contributed by atoms with Gasteiger partial charge in [-0.2, -0.15) is 17.4 Å². The largest absolute Gasteiger partial charge is 0.379 e. The van der Waals surface area contributed by atoms with Crippen molar-refractivity contribution in [1.29, 1.82) is 0 Å². The molecule has 0 saturated carbocycles. The monoisotopic (exact) mass is 282 g/mol. The fourth-order valence-electron chi connectivity index (χ4n) is 1.59. The maximum atomic E-state index is 11.9. The quantitative estimate of drug-likeness (QED) is 0.610. The van der Waals surface area contributed by atoms with Gasteiger partial charge in [-0.1, -0.05) is 0 Å². The van der Waals surface area contributed by atoms with Crippen LogP contribution in [0.5, 0.6) is 0 Å². The molecule has 18 heavy (non-hydrogen) atoms. The van der Waals surface area contributed by atoms with E-state index < -0.39 is 16.5 Å². The van der Waals surface area contributed by atoms with Gasteiger partial charge in [-0.3, -0.25) is 0 Å². The van der Waals surface area contributed by atoms with Crippen LogP contribution in [0.15, 0.2) is 0 Å². The summed E-state index contributed by atoms with van der Waals surface area (Å²) in [4.78, 5) is 0. The highest BCUT2D eigenvalue weighted by Gasteiger charge is 2.24. The third kappa shape index (κ3) is 5.17. The maximum absolute atomic E-state index is 11.9. The second-order valence-electron chi connectivity index (χ2n) is 3.71. The van der Waals surface area contributed by atoms with Gasteiger partial charge in [-0.05, 0) is 13.8 Å². The Balaban J connectivity index is 2.43. The van der Waals surface area contributed by atoms with Crippen LogP contribution in [0.4, 0.5) is 0 Å². The third-order valence-corrected chi connectivity index (χ3v) is 4.02. The van der Waals surface area contributed by atoms with E-state index in [1.807, 2.05) is 13.8 Å². The van der Waals surface area contributed by atoms with Crippen LogP contribution in [-0.4, -0.2) is 65.1 Å². The summed E-state index contributed by atoms with van der Waals surface area (Å²) in [5.41, 5.74) is 0. The summed E-state index contributed by atoms with van der Waals surface area (Å²) in [5.74, 6) is 0. The molecule has 1 saturated heterocycles. The summed E-state index contributed by atoms with van der Waals surface area (Å²) in [6.07, 6.45) is -0.546. The van der Waals surface area contributed by atoms with Crippen molar-refractivity contribution in [3.05, 3.63) is 0 Å². The Labute approximate surface area is 109 Å². The van der Waals surface area contributed by atoms with Crippen molar-refractivity contribution in [2.24, 2.45) is 0 Å². The van der Waals surface area contributed by atoms with E-state index in [2.05, 4.69) is 4.72 Å². The maximum Gasteiger partial charge on any atom is 0.279 e. The van der Waals surface area contributed by atoms with Crippen molar-refractivity contribution < 1.29 is 22.6 Å². The minimum atomic E-state index is -3.47. The van der Waals surface area contributed by atoms with E-state index in [4.69, 9.17) is 14.2 Å². The first-order chi connectivity index (χ1) is 8.60. The second kappa shape index (κ2) is 8.03. The van der Waals surface area contributed by atoms with Crippen LogP contribution in [0.2, 0.25) is 0 Å². The molecule has 1 aliphatic rings. The van der Waals surface area contributed by atoms with Crippen LogP contribution in [0.1, 0.15) is 13.8 Å². The SMILES string of the molecule is CCOC(CNS(=O)(=O)N1CCOCC1)OCC. The van der Waals surface area contributed by atoms with Gasteiger partial charge >= 0.3 is 0 Å². The Morgan fingerprint density at radius 3 is 2.28 bits per heavy atom. The average Bonchev–Trinajstić information content (AvgIpc) is 2.38. The lowest BCUT2D eigenvalue weighted by Gasteiger charge is -2.27. The lowest BCUT2D eigenvalue weighted by atomic mass is 10.5. The molecule has 0 atom stereocenters. The number of nitrogens with zero attached hydrogens (tertiary/aromatic N) is 1. The van der Waals surface area contributed by atoms with E-state index in [-0.39, 0.29) is 6.54 Å². The van der Waals surface area contributed by atoms with E-state index >= 15 is 0 Å². The molecule has 8 heteroatoms. The molecule has 0 aromatic heterocycles. The van der Waals surface area contributed by atoms with Crippen molar-refractivity contribution in [2.45, 2.75) is 20.1 Å². The molecule has 108 valence electrons. The molecular weight excluding hydrogens is 260 g/mol. The minimum absolute atomic E-state index is 0.112. The molecule has 1 rings (SSSR count). The Morgan fingerprint density at radius 2 is 1.78 bits per heavy atom. The number of hydrogen-bond donors (Lipinski definition) is 1. The smallest absolute Gasteiger partial charge is 0.279 e. The highest BCUT2D eigenvalue weighted by Crippen LogP contribution is 2.03. The van der Waals surface area contributed by atoms with Crippen LogP contribution in [0.3, 0.4) is 0 Å². The van der Waals surface area contributed by atoms with E-state index in [0.29, 0.717) is 39.5 Å². The van der Waals surface area contributed by atoms with Crippen molar-refractivity contribution in [3.8, 4) is 0 Å². The first-order valence-corrected chi connectivity index (χ1v) is 7.59. The van der Waals surface area contributed by atoms with Crippen molar-refractivity contribution in [1.82, 2.24) is 9.03 Å². The van der Waals surface area contributed by atoms with Gasteiger partial charge < -0.3 is 14.2 Å². The summed E-state index contributed by atoms with van der Waals surface area (Å²) >= 11 is 0. The van der Waals surface area contributed by atoms with Gasteiger partial charge in [0.05, 0.1) is 19.8 Å². The molecule has 1 fully saturated rings. The van der Waals surface area contributed by atoms with Gasteiger partial charge in [-0.25, -0.2) is 0 Å². The van der Waals surface area contributed by atoms with Crippen molar-refractivity contribution >= 4 is 10.2 Å². The Morgan fingerprint density at radius 1 is 1.22 bits per heavy atom. The predicted molar refractivity (Wildman–Crippen MR) is 66.4 cm³/mol. The van der Waals surface area contributed by atoms with Gasteiger partial charge in [-0.15, -0.1) is 0 Å². The molecule has 1 heterocycles. The molecule has 0 amide bonds. The molecule has 0 bridgehead atoms. The summed E-state index contributed by atoms with van der Waals surface area (Å²) in [5, 5.41) is 0. The Hall–Kier alpha value is -0.250.